The fourth-order valence-electron chi connectivity index (χ4n) is 1.98. The van der Waals surface area contributed by atoms with Crippen LogP contribution in [0.3, 0.4) is 0 Å². The van der Waals surface area contributed by atoms with Gasteiger partial charge in [-0.3, -0.25) is 14.3 Å². The van der Waals surface area contributed by atoms with Crippen molar-refractivity contribution in [1.29, 1.82) is 0 Å². The predicted octanol–water partition coefficient (Wildman–Crippen LogP) is 0.470. The molecule has 7 nitrogen and oxygen atoms in total. The summed E-state index contributed by atoms with van der Waals surface area (Å²) in [6.07, 6.45) is 0.0229. The van der Waals surface area contributed by atoms with E-state index < -0.39 is 11.9 Å². The Hall–Kier alpha value is -2.70. The number of aromatic nitrogens is 3. The Kier molecular flexibility index (Phi) is 4.32. The summed E-state index contributed by atoms with van der Waals surface area (Å²) in [5.41, 5.74) is 6.96. The van der Waals surface area contributed by atoms with Gasteiger partial charge in [0, 0.05) is 7.05 Å². The second-order valence-electron chi connectivity index (χ2n) is 4.75. The summed E-state index contributed by atoms with van der Waals surface area (Å²) in [6.45, 7) is 1.75. The van der Waals surface area contributed by atoms with Gasteiger partial charge in [-0.25, -0.2) is 0 Å². The van der Waals surface area contributed by atoms with E-state index in [1.54, 1.807) is 14.0 Å². The minimum Gasteiger partial charge on any atom is -0.370 e. The van der Waals surface area contributed by atoms with Gasteiger partial charge in [-0.1, -0.05) is 35.5 Å². The highest BCUT2D eigenvalue weighted by Gasteiger charge is 2.21. The molecule has 110 valence electrons. The predicted molar refractivity (Wildman–Crippen MR) is 76.2 cm³/mol. The smallest absolute Gasteiger partial charge is 0.274 e. The monoisotopic (exact) mass is 287 g/mol. The van der Waals surface area contributed by atoms with Crippen LogP contribution in [-0.4, -0.2) is 26.8 Å². The number of carbonyl (C=O) groups excluding carboxylic acids is 2. The van der Waals surface area contributed by atoms with Gasteiger partial charge in [0.05, 0.1) is 18.2 Å². The first-order valence-corrected chi connectivity index (χ1v) is 6.49. The third kappa shape index (κ3) is 3.44. The van der Waals surface area contributed by atoms with E-state index in [2.05, 4.69) is 15.6 Å². The Morgan fingerprint density at radius 3 is 2.52 bits per heavy atom. The summed E-state index contributed by atoms with van der Waals surface area (Å²) in [5, 5.41) is 10.4. The van der Waals surface area contributed by atoms with E-state index in [1.807, 2.05) is 30.3 Å². The number of aryl methyl sites for hydroxylation is 1. The Balaban J connectivity index is 2.21. The van der Waals surface area contributed by atoms with Crippen LogP contribution in [0.5, 0.6) is 0 Å². The number of primary amides is 1. The molecule has 1 heterocycles. The van der Waals surface area contributed by atoms with Gasteiger partial charge < -0.3 is 11.1 Å². The van der Waals surface area contributed by atoms with Crippen molar-refractivity contribution in [3.63, 3.8) is 0 Å². The average Bonchev–Trinajstić information content (AvgIpc) is 2.79. The summed E-state index contributed by atoms with van der Waals surface area (Å²) in [6, 6.07) is 8.71. The number of hydrogen-bond donors (Lipinski definition) is 2. The molecule has 0 aliphatic heterocycles. The summed E-state index contributed by atoms with van der Waals surface area (Å²) in [4.78, 5) is 23.5. The molecule has 0 aliphatic rings. The number of nitrogens with two attached hydrogens (primary N) is 1. The van der Waals surface area contributed by atoms with Gasteiger partial charge >= 0.3 is 0 Å². The molecule has 0 bridgehead atoms. The topological polar surface area (TPSA) is 103 Å². The molecule has 21 heavy (non-hydrogen) atoms. The molecule has 2 aromatic rings. The molecule has 0 radical (unpaired) electrons. The minimum absolute atomic E-state index is 0.0229. The molecule has 2 rings (SSSR count). The third-order valence-corrected chi connectivity index (χ3v) is 3.23. The van der Waals surface area contributed by atoms with Crippen LogP contribution in [-0.2, 0) is 11.8 Å². The number of benzene rings is 1. The summed E-state index contributed by atoms with van der Waals surface area (Å²) in [7, 11) is 1.71. The molecule has 7 heteroatoms. The van der Waals surface area contributed by atoms with Crippen molar-refractivity contribution in [2.75, 3.05) is 0 Å². The van der Waals surface area contributed by atoms with Crippen molar-refractivity contribution in [1.82, 2.24) is 20.3 Å². The second-order valence-corrected chi connectivity index (χ2v) is 4.75. The third-order valence-electron chi connectivity index (χ3n) is 3.23. The van der Waals surface area contributed by atoms with Crippen molar-refractivity contribution in [3.8, 4) is 0 Å². The molecule has 0 unspecified atom stereocenters. The van der Waals surface area contributed by atoms with Crippen LogP contribution in [0.1, 0.15) is 34.2 Å². The molecule has 1 aromatic carbocycles. The van der Waals surface area contributed by atoms with E-state index in [0.29, 0.717) is 5.69 Å². The summed E-state index contributed by atoms with van der Waals surface area (Å²) < 4.78 is 1.51. The molecule has 1 atom stereocenters. The van der Waals surface area contributed by atoms with Gasteiger partial charge in [0.25, 0.3) is 5.91 Å². The number of nitrogens with zero attached hydrogens (tertiary/aromatic N) is 3. The maximum atomic E-state index is 12.3. The molecule has 1 aromatic heterocycles. The molecule has 0 saturated heterocycles. The van der Waals surface area contributed by atoms with Crippen molar-refractivity contribution in [2.45, 2.75) is 19.4 Å². The van der Waals surface area contributed by atoms with Crippen LogP contribution >= 0.6 is 0 Å². The van der Waals surface area contributed by atoms with Gasteiger partial charge in [0.15, 0.2) is 5.69 Å². The van der Waals surface area contributed by atoms with Crippen molar-refractivity contribution >= 4 is 11.8 Å². The minimum atomic E-state index is -0.488. The van der Waals surface area contributed by atoms with Gasteiger partial charge in [0.1, 0.15) is 0 Å². The fraction of sp³-hybridized carbons (Fsp3) is 0.286. The van der Waals surface area contributed by atoms with Gasteiger partial charge in [-0.15, -0.1) is 5.10 Å². The SMILES string of the molecule is Cc1c(C(=O)N[C@H](CC(N)=O)c2ccccc2)nnn1C. The largest absolute Gasteiger partial charge is 0.370 e. The Bertz CT molecular complexity index is 651. The van der Waals surface area contributed by atoms with Gasteiger partial charge in [-0.05, 0) is 12.5 Å². The molecule has 0 saturated carbocycles. The lowest BCUT2D eigenvalue weighted by Crippen LogP contribution is -2.32. The lowest BCUT2D eigenvalue weighted by molar-refractivity contribution is -0.118. The molecular formula is C14H17N5O2. The van der Waals surface area contributed by atoms with Gasteiger partial charge in [-0.2, -0.15) is 0 Å². The van der Waals surface area contributed by atoms with E-state index >= 15 is 0 Å². The second kappa shape index (κ2) is 6.17. The standard InChI is InChI=1S/C14H17N5O2/c1-9-13(17-18-19(9)2)14(21)16-11(8-12(15)20)10-6-4-3-5-7-10/h3-7,11H,8H2,1-2H3,(H2,15,20)(H,16,21)/t11-/m1/s1. The van der Waals surface area contributed by atoms with Crippen LogP contribution in [0.4, 0.5) is 0 Å². The summed E-state index contributed by atoms with van der Waals surface area (Å²) >= 11 is 0. The lowest BCUT2D eigenvalue weighted by Gasteiger charge is -2.17. The highest BCUT2D eigenvalue weighted by atomic mass is 16.2. The highest BCUT2D eigenvalue weighted by Crippen LogP contribution is 2.17. The number of amides is 2. The summed E-state index contributed by atoms with van der Waals surface area (Å²) in [5.74, 6) is -0.865. The molecule has 0 aliphatic carbocycles. The molecular weight excluding hydrogens is 270 g/mol. The average molecular weight is 287 g/mol. The first kappa shape index (κ1) is 14.7. The highest BCUT2D eigenvalue weighted by molar-refractivity contribution is 5.93. The van der Waals surface area contributed by atoms with Crippen molar-refractivity contribution in [2.24, 2.45) is 12.8 Å². The first-order chi connectivity index (χ1) is 9.99. The zero-order valence-electron chi connectivity index (χ0n) is 11.9. The van der Waals surface area contributed by atoms with Crippen LogP contribution in [0.2, 0.25) is 0 Å². The Morgan fingerprint density at radius 1 is 1.33 bits per heavy atom. The van der Waals surface area contributed by atoms with Crippen LogP contribution in [0, 0.1) is 6.92 Å². The zero-order chi connectivity index (χ0) is 15.4. The van der Waals surface area contributed by atoms with Crippen molar-refractivity contribution < 1.29 is 9.59 Å². The Morgan fingerprint density at radius 2 is 2.00 bits per heavy atom. The number of rotatable bonds is 5. The van der Waals surface area contributed by atoms with Gasteiger partial charge in [0.2, 0.25) is 5.91 Å². The molecule has 0 spiro atoms. The molecule has 3 N–H and O–H groups in total. The Labute approximate surface area is 122 Å². The van der Waals surface area contributed by atoms with E-state index in [4.69, 9.17) is 5.73 Å². The van der Waals surface area contributed by atoms with E-state index in [-0.39, 0.29) is 18.0 Å². The number of hydrogen-bond acceptors (Lipinski definition) is 4. The maximum absolute atomic E-state index is 12.3. The first-order valence-electron chi connectivity index (χ1n) is 6.49. The van der Waals surface area contributed by atoms with Crippen LogP contribution in [0.15, 0.2) is 30.3 Å². The molecule has 0 fully saturated rings. The van der Waals surface area contributed by atoms with Crippen LogP contribution < -0.4 is 11.1 Å². The van der Waals surface area contributed by atoms with E-state index in [1.165, 1.54) is 4.68 Å². The maximum Gasteiger partial charge on any atom is 0.274 e. The fourth-order valence-corrected chi connectivity index (χ4v) is 1.98. The van der Waals surface area contributed by atoms with E-state index in [0.717, 1.165) is 5.56 Å². The number of carbonyl (C=O) groups is 2. The van der Waals surface area contributed by atoms with E-state index in [9.17, 15) is 9.59 Å². The van der Waals surface area contributed by atoms with Crippen molar-refractivity contribution in [3.05, 3.63) is 47.3 Å². The normalized spacial score (nSPS) is 11.9. The zero-order valence-corrected chi connectivity index (χ0v) is 11.9. The number of nitrogens with one attached hydrogen (secondary N) is 1. The van der Waals surface area contributed by atoms with Crippen LogP contribution in [0.25, 0.3) is 0 Å². The lowest BCUT2D eigenvalue weighted by atomic mass is 10.0. The quantitative estimate of drug-likeness (QED) is 0.834. The molecule has 2 amide bonds.